The molecule has 0 aromatic heterocycles. The van der Waals surface area contributed by atoms with Gasteiger partial charge < -0.3 is 24.2 Å². The van der Waals surface area contributed by atoms with Crippen molar-refractivity contribution in [2.75, 3.05) is 26.9 Å². The second kappa shape index (κ2) is 9.89. The van der Waals surface area contributed by atoms with Gasteiger partial charge in [0.2, 0.25) is 0 Å². The SMILES string of the molecule is CCOc1cccc(C2/C(=C(\O)c3cc(C)c(OC)cc3C)C(=O)C(=O)N2CC2CCCO2)c1. The van der Waals surface area contributed by atoms with E-state index in [1.807, 2.05) is 51.1 Å². The van der Waals surface area contributed by atoms with Crippen LogP contribution in [0.2, 0.25) is 0 Å². The lowest BCUT2D eigenvalue weighted by Crippen LogP contribution is -2.36. The van der Waals surface area contributed by atoms with Gasteiger partial charge in [0, 0.05) is 18.7 Å². The predicted octanol–water partition coefficient (Wildman–Crippen LogP) is 4.31. The minimum atomic E-state index is -0.744. The van der Waals surface area contributed by atoms with E-state index in [1.54, 1.807) is 13.2 Å². The zero-order valence-corrected chi connectivity index (χ0v) is 20.1. The molecule has 0 spiro atoms. The number of benzene rings is 2. The number of likely N-dealkylation sites (tertiary alicyclic amines) is 1. The fourth-order valence-electron chi connectivity index (χ4n) is 4.77. The van der Waals surface area contributed by atoms with Crippen molar-refractivity contribution >= 4 is 17.4 Å². The molecular formula is C27H31NO6. The number of rotatable bonds is 7. The van der Waals surface area contributed by atoms with Gasteiger partial charge in [0.1, 0.15) is 17.3 Å². The van der Waals surface area contributed by atoms with Crippen molar-refractivity contribution in [1.29, 1.82) is 0 Å². The Morgan fingerprint density at radius 3 is 2.65 bits per heavy atom. The number of ketones is 1. The first-order valence-electron chi connectivity index (χ1n) is 11.6. The first-order valence-corrected chi connectivity index (χ1v) is 11.6. The lowest BCUT2D eigenvalue weighted by atomic mass is 9.93. The highest BCUT2D eigenvalue weighted by Crippen LogP contribution is 2.42. The number of hydrogen-bond donors (Lipinski definition) is 1. The Morgan fingerprint density at radius 2 is 1.97 bits per heavy atom. The van der Waals surface area contributed by atoms with Crippen LogP contribution in [0.5, 0.6) is 11.5 Å². The Bertz CT molecular complexity index is 1130. The number of aliphatic hydroxyl groups excluding tert-OH is 1. The lowest BCUT2D eigenvalue weighted by Gasteiger charge is -2.28. The third-order valence-electron chi connectivity index (χ3n) is 6.45. The largest absolute Gasteiger partial charge is 0.507 e. The minimum absolute atomic E-state index is 0.0734. The van der Waals surface area contributed by atoms with E-state index in [2.05, 4.69) is 0 Å². The Labute approximate surface area is 199 Å². The molecule has 2 saturated heterocycles. The quantitative estimate of drug-likeness (QED) is 0.373. The molecule has 2 aromatic carbocycles. The molecule has 1 amide bonds. The molecule has 7 heteroatoms. The molecule has 2 aromatic rings. The Balaban J connectivity index is 1.86. The van der Waals surface area contributed by atoms with Crippen molar-refractivity contribution in [3.05, 3.63) is 64.2 Å². The van der Waals surface area contributed by atoms with Crippen LogP contribution < -0.4 is 9.47 Å². The number of aliphatic hydroxyl groups is 1. The summed E-state index contributed by atoms with van der Waals surface area (Å²) in [5.41, 5.74) is 2.83. The molecule has 2 aliphatic rings. The van der Waals surface area contributed by atoms with E-state index in [0.717, 1.165) is 24.0 Å². The molecule has 0 saturated carbocycles. The maximum absolute atomic E-state index is 13.3. The van der Waals surface area contributed by atoms with Crippen molar-refractivity contribution in [3.63, 3.8) is 0 Å². The third-order valence-corrected chi connectivity index (χ3v) is 6.45. The summed E-state index contributed by atoms with van der Waals surface area (Å²) in [5.74, 6) is -0.196. The molecule has 4 rings (SSSR count). The molecule has 7 nitrogen and oxygen atoms in total. The summed E-state index contributed by atoms with van der Waals surface area (Å²) in [4.78, 5) is 28.1. The highest BCUT2D eigenvalue weighted by Gasteiger charge is 2.47. The molecule has 0 radical (unpaired) electrons. The second-order valence-corrected chi connectivity index (χ2v) is 8.73. The van der Waals surface area contributed by atoms with Crippen molar-refractivity contribution in [2.45, 2.75) is 45.8 Å². The topological polar surface area (TPSA) is 85.3 Å². The normalized spacial score (nSPS) is 21.8. The van der Waals surface area contributed by atoms with Gasteiger partial charge in [-0.25, -0.2) is 0 Å². The van der Waals surface area contributed by atoms with Crippen molar-refractivity contribution in [2.24, 2.45) is 0 Å². The molecule has 34 heavy (non-hydrogen) atoms. The van der Waals surface area contributed by atoms with Gasteiger partial charge >= 0.3 is 0 Å². The molecule has 2 unspecified atom stereocenters. The van der Waals surface area contributed by atoms with Gasteiger partial charge in [-0.1, -0.05) is 12.1 Å². The molecule has 0 bridgehead atoms. The number of aryl methyl sites for hydroxylation is 2. The first kappa shape index (κ1) is 23.8. The van der Waals surface area contributed by atoms with Crippen LogP contribution in [0.1, 0.15) is 48.1 Å². The fraction of sp³-hybridized carbons (Fsp3) is 0.407. The highest BCUT2D eigenvalue weighted by molar-refractivity contribution is 6.46. The van der Waals surface area contributed by atoms with Crippen LogP contribution in [0.4, 0.5) is 0 Å². The third kappa shape index (κ3) is 4.40. The summed E-state index contributed by atoms with van der Waals surface area (Å²) >= 11 is 0. The second-order valence-electron chi connectivity index (χ2n) is 8.73. The zero-order chi connectivity index (χ0) is 24.4. The van der Waals surface area contributed by atoms with Crippen LogP contribution in [0, 0.1) is 13.8 Å². The summed E-state index contributed by atoms with van der Waals surface area (Å²) in [6.45, 7) is 7.02. The van der Waals surface area contributed by atoms with Crippen LogP contribution in [-0.4, -0.2) is 54.7 Å². The molecule has 2 fully saturated rings. The summed E-state index contributed by atoms with van der Waals surface area (Å²) in [7, 11) is 1.59. The van der Waals surface area contributed by atoms with Crippen LogP contribution in [0.3, 0.4) is 0 Å². The Morgan fingerprint density at radius 1 is 1.18 bits per heavy atom. The number of ether oxygens (including phenoxy) is 3. The maximum atomic E-state index is 13.3. The van der Waals surface area contributed by atoms with E-state index < -0.39 is 17.7 Å². The summed E-state index contributed by atoms with van der Waals surface area (Å²) in [6.07, 6.45) is 1.61. The Kier molecular flexibility index (Phi) is 6.93. The number of amides is 1. The van der Waals surface area contributed by atoms with E-state index in [-0.39, 0.29) is 24.0 Å². The van der Waals surface area contributed by atoms with E-state index >= 15 is 0 Å². The highest BCUT2D eigenvalue weighted by atomic mass is 16.5. The lowest BCUT2D eigenvalue weighted by molar-refractivity contribution is -0.140. The van der Waals surface area contributed by atoms with E-state index in [0.29, 0.717) is 35.8 Å². The molecule has 0 aliphatic carbocycles. The van der Waals surface area contributed by atoms with E-state index in [4.69, 9.17) is 14.2 Å². The number of methoxy groups -OCH3 is 1. The Hall–Kier alpha value is -3.32. The van der Waals surface area contributed by atoms with Gasteiger partial charge in [-0.15, -0.1) is 0 Å². The van der Waals surface area contributed by atoms with Crippen LogP contribution in [-0.2, 0) is 14.3 Å². The van der Waals surface area contributed by atoms with Crippen molar-refractivity contribution in [1.82, 2.24) is 4.90 Å². The fourth-order valence-corrected chi connectivity index (χ4v) is 4.77. The molecule has 2 aliphatic heterocycles. The number of hydrogen-bond acceptors (Lipinski definition) is 6. The summed E-state index contributed by atoms with van der Waals surface area (Å²) in [5, 5.41) is 11.4. The number of carbonyl (C=O) groups is 2. The van der Waals surface area contributed by atoms with E-state index in [1.165, 1.54) is 4.90 Å². The van der Waals surface area contributed by atoms with Crippen LogP contribution >= 0.6 is 0 Å². The van der Waals surface area contributed by atoms with Gasteiger partial charge in [-0.3, -0.25) is 9.59 Å². The molecule has 2 heterocycles. The number of nitrogens with zero attached hydrogens (tertiary/aromatic N) is 1. The van der Waals surface area contributed by atoms with Gasteiger partial charge in [0.05, 0.1) is 31.4 Å². The smallest absolute Gasteiger partial charge is 0.295 e. The van der Waals surface area contributed by atoms with Gasteiger partial charge in [-0.05, 0) is 74.6 Å². The van der Waals surface area contributed by atoms with Crippen molar-refractivity contribution in [3.8, 4) is 11.5 Å². The van der Waals surface area contributed by atoms with Crippen molar-refractivity contribution < 1.29 is 28.9 Å². The van der Waals surface area contributed by atoms with Gasteiger partial charge in [0.25, 0.3) is 11.7 Å². The predicted molar refractivity (Wildman–Crippen MR) is 128 cm³/mol. The first-order chi connectivity index (χ1) is 16.3. The zero-order valence-electron chi connectivity index (χ0n) is 20.1. The van der Waals surface area contributed by atoms with Gasteiger partial charge in [-0.2, -0.15) is 0 Å². The average Bonchev–Trinajstić information content (AvgIpc) is 3.42. The monoisotopic (exact) mass is 465 g/mol. The molecule has 180 valence electrons. The minimum Gasteiger partial charge on any atom is -0.507 e. The summed E-state index contributed by atoms with van der Waals surface area (Å²) in [6, 6.07) is 10.2. The molecular weight excluding hydrogens is 434 g/mol. The van der Waals surface area contributed by atoms with Crippen LogP contribution in [0.25, 0.3) is 5.76 Å². The molecule has 1 N–H and O–H groups in total. The van der Waals surface area contributed by atoms with Gasteiger partial charge in [0.15, 0.2) is 0 Å². The summed E-state index contributed by atoms with van der Waals surface area (Å²) < 4.78 is 16.8. The van der Waals surface area contributed by atoms with Crippen LogP contribution in [0.15, 0.2) is 42.0 Å². The van der Waals surface area contributed by atoms with E-state index in [9.17, 15) is 14.7 Å². The average molecular weight is 466 g/mol. The number of Topliss-reactive ketones (excluding diaryl/α,β-unsaturated/α-hetero) is 1. The number of carbonyl (C=O) groups excluding carboxylic acids is 2. The standard InChI is InChI=1S/C27H31NO6/c1-5-33-19-9-6-8-18(14-19)24-23(25(29)21-12-17(3)22(32-4)13-16(21)2)26(30)27(31)28(24)15-20-10-7-11-34-20/h6,8-9,12-14,20,24,29H,5,7,10-11,15H2,1-4H3/b25-23+. The maximum Gasteiger partial charge on any atom is 0.295 e. The molecule has 2 atom stereocenters.